The maximum absolute atomic E-state index is 5.95. The Morgan fingerprint density at radius 3 is 2.71 bits per heavy atom. The second-order valence-electron chi connectivity index (χ2n) is 3.33. The number of aromatic nitrogens is 3. The lowest BCUT2D eigenvalue weighted by Gasteiger charge is -1.87. The smallest absolute Gasteiger partial charge is 0.249 e. The molecule has 0 unspecified atom stereocenters. The molecule has 86 valence electrons. The van der Waals surface area contributed by atoms with Crippen molar-refractivity contribution in [3.8, 4) is 11.6 Å². The Bertz CT molecular complexity index is 704. The molecular formula is C10H4Cl3N3O. The summed E-state index contributed by atoms with van der Waals surface area (Å²) in [4.78, 5) is 4.25. The van der Waals surface area contributed by atoms with Crippen molar-refractivity contribution in [1.82, 2.24) is 15.2 Å². The van der Waals surface area contributed by atoms with Crippen molar-refractivity contribution in [2.75, 3.05) is 0 Å². The Balaban J connectivity index is 2.21. The van der Waals surface area contributed by atoms with Crippen LogP contribution in [0.3, 0.4) is 0 Å². The SMILES string of the molecule is Clc1ccc2nc(-c3n[nH]c(Cl)c3Cl)oc2c1. The molecule has 0 fully saturated rings. The van der Waals surface area contributed by atoms with Crippen molar-refractivity contribution in [3.05, 3.63) is 33.4 Å². The molecule has 1 N–H and O–H groups in total. The monoisotopic (exact) mass is 287 g/mol. The van der Waals surface area contributed by atoms with Crippen LogP contribution in [0.2, 0.25) is 15.2 Å². The third-order valence-corrected chi connectivity index (χ3v) is 3.19. The van der Waals surface area contributed by atoms with Crippen LogP contribution < -0.4 is 0 Å². The van der Waals surface area contributed by atoms with E-state index in [-0.39, 0.29) is 10.2 Å². The van der Waals surface area contributed by atoms with E-state index in [4.69, 9.17) is 39.2 Å². The van der Waals surface area contributed by atoms with Gasteiger partial charge in [0, 0.05) is 11.1 Å². The highest BCUT2D eigenvalue weighted by Gasteiger charge is 2.17. The zero-order valence-electron chi connectivity index (χ0n) is 8.17. The fourth-order valence-electron chi connectivity index (χ4n) is 1.45. The van der Waals surface area contributed by atoms with Crippen LogP contribution in [0.15, 0.2) is 22.6 Å². The van der Waals surface area contributed by atoms with Gasteiger partial charge in [-0.3, -0.25) is 5.10 Å². The molecular weight excluding hydrogens is 284 g/mol. The topological polar surface area (TPSA) is 54.7 Å². The number of oxazole rings is 1. The lowest BCUT2D eigenvalue weighted by molar-refractivity contribution is 0.616. The fourth-order valence-corrected chi connectivity index (χ4v) is 1.91. The van der Waals surface area contributed by atoms with Gasteiger partial charge >= 0.3 is 0 Å². The summed E-state index contributed by atoms with van der Waals surface area (Å²) in [6.07, 6.45) is 0. The highest BCUT2D eigenvalue weighted by Crippen LogP contribution is 2.32. The van der Waals surface area contributed by atoms with Gasteiger partial charge in [0.2, 0.25) is 5.89 Å². The van der Waals surface area contributed by atoms with Crippen molar-refractivity contribution >= 4 is 45.9 Å². The van der Waals surface area contributed by atoms with Gasteiger partial charge in [-0.05, 0) is 12.1 Å². The van der Waals surface area contributed by atoms with Gasteiger partial charge < -0.3 is 4.42 Å². The van der Waals surface area contributed by atoms with Crippen molar-refractivity contribution < 1.29 is 4.42 Å². The lowest BCUT2D eigenvalue weighted by atomic mass is 10.3. The van der Waals surface area contributed by atoms with Gasteiger partial charge in [-0.2, -0.15) is 5.10 Å². The first-order valence-corrected chi connectivity index (χ1v) is 5.74. The number of halogens is 3. The molecule has 0 atom stereocenters. The average Bonchev–Trinajstić information content (AvgIpc) is 2.83. The normalized spacial score (nSPS) is 11.2. The number of aromatic amines is 1. The molecule has 17 heavy (non-hydrogen) atoms. The zero-order chi connectivity index (χ0) is 12.0. The van der Waals surface area contributed by atoms with Gasteiger partial charge in [0.15, 0.2) is 11.3 Å². The van der Waals surface area contributed by atoms with Gasteiger partial charge in [0.25, 0.3) is 0 Å². The van der Waals surface area contributed by atoms with Crippen LogP contribution in [-0.2, 0) is 0 Å². The van der Waals surface area contributed by atoms with E-state index < -0.39 is 0 Å². The number of benzene rings is 1. The predicted octanol–water partition coefficient (Wildman–Crippen LogP) is 4.18. The van der Waals surface area contributed by atoms with Crippen LogP contribution in [-0.4, -0.2) is 15.2 Å². The maximum atomic E-state index is 5.95. The summed E-state index contributed by atoms with van der Waals surface area (Å²) < 4.78 is 5.51. The summed E-state index contributed by atoms with van der Waals surface area (Å²) in [5.74, 6) is 0.301. The molecule has 3 aromatic rings. The number of H-pyrrole nitrogens is 1. The molecule has 2 heterocycles. The molecule has 0 radical (unpaired) electrons. The van der Waals surface area contributed by atoms with E-state index in [9.17, 15) is 0 Å². The highest BCUT2D eigenvalue weighted by molar-refractivity contribution is 6.42. The van der Waals surface area contributed by atoms with E-state index in [2.05, 4.69) is 15.2 Å². The number of rotatable bonds is 1. The van der Waals surface area contributed by atoms with Gasteiger partial charge in [-0.1, -0.05) is 34.8 Å². The van der Waals surface area contributed by atoms with Gasteiger partial charge in [-0.15, -0.1) is 0 Å². The van der Waals surface area contributed by atoms with E-state index in [0.29, 0.717) is 27.7 Å². The fraction of sp³-hybridized carbons (Fsp3) is 0. The third-order valence-electron chi connectivity index (χ3n) is 2.22. The van der Waals surface area contributed by atoms with Crippen LogP contribution in [0.5, 0.6) is 0 Å². The van der Waals surface area contributed by atoms with Crippen molar-refractivity contribution in [2.24, 2.45) is 0 Å². The maximum Gasteiger partial charge on any atom is 0.249 e. The standard InChI is InChI=1S/C10H4Cl3N3O/c11-4-1-2-5-6(3-4)17-10(14-5)8-7(12)9(13)16-15-8/h1-3H,(H,15,16). The summed E-state index contributed by atoms with van der Waals surface area (Å²) in [5, 5.41) is 7.58. The van der Waals surface area contributed by atoms with E-state index in [1.807, 2.05) is 0 Å². The molecule has 0 saturated carbocycles. The second-order valence-corrected chi connectivity index (χ2v) is 4.52. The van der Waals surface area contributed by atoms with E-state index >= 15 is 0 Å². The Labute approximate surface area is 110 Å². The minimum atomic E-state index is 0.252. The van der Waals surface area contributed by atoms with Crippen LogP contribution in [0.1, 0.15) is 0 Å². The van der Waals surface area contributed by atoms with E-state index in [0.717, 1.165) is 0 Å². The molecule has 0 spiro atoms. The van der Waals surface area contributed by atoms with Crippen LogP contribution in [0.4, 0.5) is 0 Å². The predicted molar refractivity (Wildman–Crippen MR) is 66.6 cm³/mol. The van der Waals surface area contributed by atoms with Gasteiger partial charge in [0.1, 0.15) is 15.7 Å². The molecule has 4 nitrogen and oxygen atoms in total. The summed E-state index contributed by atoms with van der Waals surface area (Å²) in [7, 11) is 0. The van der Waals surface area contributed by atoms with Crippen LogP contribution >= 0.6 is 34.8 Å². The Kier molecular flexibility index (Phi) is 2.50. The number of nitrogens with one attached hydrogen (secondary N) is 1. The van der Waals surface area contributed by atoms with Crippen molar-refractivity contribution in [2.45, 2.75) is 0 Å². The summed E-state index contributed by atoms with van der Waals surface area (Å²) in [6, 6.07) is 5.16. The summed E-state index contributed by atoms with van der Waals surface area (Å²) in [5.41, 5.74) is 1.63. The molecule has 7 heteroatoms. The van der Waals surface area contributed by atoms with Crippen LogP contribution in [0, 0.1) is 0 Å². The Morgan fingerprint density at radius 1 is 1.18 bits per heavy atom. The minimum Gasteiger partial charge on any atom is -0.435 e. The molecule has 3 rings (SSSR count). The zero-order valence-corrected chi connectivity index (χ0v) is 10.4. The number of fused-ring (bicyclic) bond motifs is 1. The molecule has 2 aromatic heterocycles. The molecule has 0 aliphatic rings. The Hall–Kier alpha value is -1.23. The highest BCUT2D eigenvalue weighted by atomic mass is 35.5. The molecule has 0 aliphatic carbocycles. The van der Waals surface area contributed by atoms with E-state index in [1.165, 1.54) is 0 Å². The first-order valence-electron chi connectivity index (χ1n) is 4.61. The third kappa shape index (κ3) is 1.78. The van der Waals surface area contributed by atoms with Crippen molar-refractivity contribution in [1.29, 1.82) is 0 Å². The number of hydrogen-bond acceptors (Lipinski definition) is 3. The molecule has 1 aromatic carbocycles. The average molecular weight is 289 g/mol. The molecule has 0 bridgehead atoms. The largest absolute Gasteiger partial charge is 0.435 e. The Morgan fingerprint density at radius 2 is 2.00 bits per heavy atom. The van der Waals surface area contributed by atoms with Crippen molar-refractivity contribution in [3.63, 3.8) is 0 Å². The van der Waals surface area contributed by atoms with Crippen LogP contribution in [0.25, 0.3) is 22.7 Å². The van der Waals surface area contributed by atoms with Gasteiger partial charge in [-0.25, -0.2) is 4.98 Å². The molecule has 0 amide bonds. The number of hydrogen-bond donors (Lipinski definition) is 1. The lowest BCUT2D eigenvalue weighted by Crippen LogP contribution is -1.77. The number of nitrogens with zero attached hydrogens (tertiary/aromatic N) is 2. The first kappa shape index (κ1) is 10.9. The minimum absolute atomic E-state index is 0.252. The second kappa shape index (κ2) is 3.91. The summed E-state index contributed by atoms with van der Waals surface area (Å²) in [6.45, 7) is 0. The van der Waals surface area contributed by atoms with Gasteiger partial charge in [0.05, 0.1) is 0 Å². The molecule has 0 saturated heterocycles. The van der Waals surface area contributed by atoms with E-state index in [1.54, 1.807) is 18.2 Å². The first-order chi connectivity index (χ1) is 8.15. The summed E-state index contributed by atoms with van der Waals surface area (Å²) >= 11 is 17.6. The quantitative estimate of drug-likeness (QED) is 0.731. The molecule has 0 aliphatic heterocycles.